The van der Waals surface area contributed by atoms with Gasteiger partial charge in [-0.15, -0.1) is 0 Å². The van der Waals surface area contributed by atoms with Crippen molar-refractivity contribution in [2.75, 3.05) is 19.6 Å². The molecule has 2 heterocycles. The van der Waals surface area contributed by atoms with Crippen LogP contribution in [-0.4, -0.2) is 58.6 Å². The maximum absolute atomic E-state index is 15.8. The maximum atomic E-state index is 15.8. The molecule has 0 bridgehead atoms. The molecule has 0 atom stereocenters. The van der Waals surface area contributed by atoms with E-state index >= 15 is 4.39 Å². The number of halogens is 4. The summed E-state index contributed by atoms with van der Waals surface area (Å²) < 4.78 is 84.8. The highest BCUT2D eigenvalue weighted by Gasteiger charge is 2.46. The second-order valence-corrected chi connectivity index (χ2v) is 10.7. The third kappa shape index (κ3) is 5.54. The number of carbonyl (C=O) groups is 1. The average Bonchev–Trinajstić information content (AvgIpc) is 3.42. The number of rotatable bonds is 7. The molecule has 1 saturated heterocycles. The third-order valence-corrected chi connectivity index (χ3v) is 8.41. The second kappa shape index (κ2) is 10.3. The summed E-state index contributed by atoms with van der Waals surface area (Å²) in [6.07, 6.45) is -2.09. The summed E-state index contributed by atoms with van der Waals surface area (Å²) in [4.78, 5) is 14.2. The predicted molar refractivity (Wildman–Crippen MR) is 128 cm³/mol. The maximum Gasteiger partial charge on any atom is 0.416 e. The van der Waals surface area contributed by atoms with E-state index in [0.29, 0.717) is 5.69 Å². The van der Waals surface area contributed by atoms with Crippen LogP contribution in [0.15, 0.2) is 71.9 Å². The molecule has 198 valence electrons. The molecule has 1 aromatic heterocycles. The number of nitrogens with zero attached hydrogens (tertiary/aromatic N) is 4. The number of alkyl halides is 4. The van der Waals surface area contributed by atoms with Crippen LogP contribution in [0.25, 0.3) is 5.69 Å². The van der Waals surface area contributed by atoms with E-state index in [4.69, 9.17) is 0 Å². The van der Waals surface area contributed by atoms with Gasteiger partial charge in [-0.2, -0.15) is 22.6 Å². The molecule has 1 fully saturated rings. The fourth-order valence-corrected chi connectivity index (χ4v) is 5.83. The van der Waals surface area contributed by atoms with E-state index in [9.17, 15) is 26.4 Å². The molecule has 0 spiro atoms. The van der Waals surface area contributed by atoms with Crippen molar-refractivity contribution in [3.05, 3.63) is 78.1 Å². The first-order chi connectivity index (χ1) is 17.5. The lowest BCUT2D eigenvalue weighted by Gasteiger charge is -2.37. The first kappa shape index (κ1) is 26.8. The SMILES string of the molecule is CCN(Cc1ccccc1C(F)(F)F)C(=O)C1(F)CCN(S(=O)(=O)c2ccc(-n3cccn3)cc2)CC1. The van der Waals surface area contributed by atoms with Crippen molar-refractivity contribution in [2.45, 2.75) is 43.1 Å². The largest absolute Gasteiger partial charge is 0.416 e. The molecular formula is C25H26F4N4O3S. The number of piperidine rings is 1. The van der Waals surface area contributed by atoms with Crippen LogP contribution >= 0.6 is 0 Å². The van der Waals surface area contributed by atoms with Gasteiger partial charge < -0.3 is 4.90 Å². The van der Waals surface area contributed by atoms with E-state index in [1.165, 1.54) is 30.3 Å². The van der Waals surface area contributed by atoms with Crippen LogP contribution in [0, 0.1) is 0 Å². The van der Waals surface area contributed by atoms with Gasteiger partial charge in [0.25, 0.3) is 5.91 Å². The first-order valence-corrected chi connectivity index (χ1v) is 13.1. The molecule has 1 amide bonds. The Bertz CT molecular complexity index is 1340. The summed E-state index contributed by atoms with van der Waals surface area (Å²) in [6, 6.07) is 12.7. The van der Waals surface area contributed by atoms with Gasteiger partial charge >= 0.3 is 6.18 Å². The van der Waals surface area contributed by atoms with Crippen LogP contribution in [-0.2, 0) is 27.5 Å². The van der Waals surface area contributed by atoms with Crippen LogP contribution in [0.4, 0.5) is 17.6 Å². The van der Waals surface area contributed by atoms with Gasteiger partial charge in [0.2, 0.25) is 10.0 Å². The zero-order chi connectivity index (χ0) is 26.8. The molecule has 2 aromatic carbocycles. The van der Waals surface area contributed by atoms with Crippen LogP contribution in [0.2, 0.25) is 0 Å². The molecule has 3 aromatic rings. The Labute approximate surface area is 212 Å². The van der Waals surface area contributed by atoms with Gasteiger partial charge in [0, 0.05) is 51.4 Å². The Morgan fingerprint density at radius 3 is 2.27 bits per heavy atom. The quantitative estimate of drug-likeness (QED) is 0.417. The molecule has 1 aliphatic heterocycles. The van der Waals surface area contributed by atoms with Gasteiger partial charge in [0.1, 0.15) is 0 Å². The van der Waals surface area contributed by atoms with E-state index in [1.54, 1.807) is 42.2 Å². The predicted octanol–water partition coefficient (Wildman–Crippen LogP) is 4.43. The Balaban J connectivity index is 1.45. The highest BCUT2D eigenvalue weighted by molar-refractivity contribution is 7.89. The number of hydrogen-bond acceptors (Lipinski definition) is 4. The summed E-state index contributed by atoms with van der Waals surface area (Å²) >= 11 is 0. The fourth-order valence-electron chi connectivity index (χ4n) is 4.39. The minimum absolute atomic E-state index is 0.00130. The zero-order valence-electron chi connectivity index (χ0n) is 20.0. The van der Waals surface area contributed by atoms with Crippen LogP contribution in [0.1, 0.15) is 30.9 Å². The van der Waals surface area contributed by atoms with Gasteiger partial charge in [0.15, 0.2) is 5.67 Å². The molecule has 0 radical (unpaired) electrons. The molecule has 7 nitrogen and oxygen atoms in total. The number of aromatic nitrogens is 2. The Hall–Kier alpha value is -3.25. The standard InChI is InChI=1S/C25H26F4N4O3S/c1-2-31(18-19-6-3-4-7-22(19)25(27,28)29)23(34)24(26)12-16-32(17-13-24)37(35,36)21-10-8-20(9-11-21)33-15-5-14-30-33/h3-11,14-15H,2,12-13,16-18H2,1H3. The lowest BCUT2D eigenvalue weighted by atomic mass is 9.92. The number of amides is 1. The Kier molecular flexibility index (Phi) is 7.43. The van der Waals surface area contributed by atoms with Crippen LogP contribution in [0.5, 0.6) is 0 Å². The van der Waals surface area contributed by atoms with E-state index < -0.39 is 52.7 Å². The molecule has 4 rings (SSSR count). The molecule has 37 heavy (non-hydrogen) atoms. The van der Waals surface area contributed by atoms with E-state index in [0.717, 1.165) is 15.3 Å². The average molecular weight is 539 g/mol. The number of carbonyl (C=O) groups excluding carboxylic acids is 1. The smallest absolute Gasteiger partial charge is 0.336 e. The minimum atomic E-state index is -4.61. The lowest BCUT2D eigenvalue weighted by molar-refractivity contribution is -0.148. The summed E-state index contributed by atoms with van der Waals surface area (Å²) in [5, 5.41) is 4.09. The van der Waals surface area contributed by atoms with Crippen molar-refractivity contribution in [1.29, 1.82) is 0 Å². The number of sulfonamides is 1. The van der Waals surface area contributed by atoms with Crippen LogP contribution < -0.4 is 0 Å². The summed E-state index contributed by atoms with van der Waals surface area (Å²) in [5.41, 5.74) is -2.72. The van der Waals surface area contributed by atoms with Crippen LogP contribution in [0.3, 0.4) is 0 Å². The second-order valence-electron chi connectivity index (χ2n) is 8.79. The first-order valence-electron chi connectivity index (χ1n) is 11.7. The highest BCUT2D eigenvalue weighted by atomic mass is 32.2. The Morgan fingerprint density at radius 1 is 1.05 bits per heavy atom. The monoisotopic (exact) mass is 538 g/mol. The van der Waals surface area contributed by atoms with Gasteiger partial charge in [-0.3, -0.25) is 4.79 Å². The molecule has 0 saturated carbocycles. The highest BCUT2D eigenvalue weighted by Crippen LogP contribution is 2.35. The summed E-state index contributed by atoms with van der Waals surface area (Å²) in [5.74, 6) is -0.937. The van der Waals surface area contributed by atoms with E-state index in [1.807, 2.05) is 0 Å². The van der Waals surface area contributed by atoms with Crippen molar-refractivity contribution in [3.63, 3.8) is 0 Å². The molecule has 12 heteroatoms. The van der Waals surface area contributed by atoms with Crippen molar-refractivity contribution >= 4 is 15.9 Å². The number of hydrogen-bond donors (Lipinski definition) is 0. The van der Waals surface area contributed by atoms with Gasteiger partial charge in [-0.05, 0) is 48.9 Å². The topological polar surface area (TPSA) is 75.5 Å². The van der Waals surface area contributed by atoms with E-state index in [2.05, 4.69) is 5.10 Å². The molecular weight excluding hydrogens is 512 g/mol. The molecule has 1 aliphatic rings. The fraction of sp³-hybridized carbons (Fsp3) is 0.360. The summed E-state index contributed by atoms with van der Waals surface area (Å²) in [6.45, 7) is 0.691. The van der Waals surface area contributed by atoms with Crippen molar-refractivity contribution in [1.82, 2.24) is 19.0 Å². The Morgan fingerprint density at radius 2 is 1.70 bits per heavy atom. The van der Waals surface area contributed by atoms with Crippen molar-refractivity contribution < 1.29 is 30.8 Å². The summed E-state index contributed by atoms with van der Waals surface area (Å²) in [7, 11) is -3.93. The number of benzene rings is 2. The van der Waals surface area contributed by atoms with Gasteiger partial charge in [-0.25, -0.2) is 17.5 Å². The van der Waals surface area contributed by atoms with Gasteiger partial charge in [-0.1, -0.05) is 18.2 Å². The lowest BCUT2D eigenvalue weighted by Crippen LogP contribution is -2.53. The molecule has 0 unspecified atom stereocenters. The molecule has 0 aliphatic carbocycles. The van der Waals surface area contributed by atoms with Crippen molar-refractivity contribution in [2.24, 2.45) is 0 Å². The third-order valence-electron chi connectivity index (χ3n) is 6.49. The van der Waals surface area contributed by atoms with Gasteiger partial charge in [0.05, 0.1) is 16.1 Å². The van der Waals surface area contributed by atoms with Crippen molar-refractivity contribution in [3.8, 4) is 5.69 Å². The minimum Gasteiger partial charge on any atom is -0.336 e. The molecule has 0 N–H and O–H groups in total. The van der Waals surface area contributed by atoms with E-state index in [-0.39, 0.29) is 30.1 Å². The normalized spacial score (nSPS) is 16.5. The zero-order valence-corrected chi connectivity index (χ0v) is 20.8.